The molecule has 0 spiro atoms. The highest BCUT2D eigenvalue weighted by Crippen LogP contribution is 2.24. The zero-order valence-electron chi connectivity index (χ0n) is 14.0. The van der Waals surface area contributed by atoms with E-state index in [4.69, 9.17) is 0 Å². The number of amides is 2. The molecule has 0 radical (unpaired) electrons. The van der Waals surface area contributed by atoms with Gasteiger partial charge in [0.2, 0.25) is 5.91 Å². The summed E-state index contributed by atoms with van der Waals surface area (Å²) in [5.41, 5.74) is 0.557. The summed E-state index contributed by atoms with van der Waals surface area (Å²) in [6.07, 6.45) is 4.02. The Morgan fingerprint density at radius 2 is 2.08 bits per heavy atom. The average Bonchev–Trinajstić information content (AvgIpc) is 3.20. The number of carbonyl (C=O) groups is 2. The van der Waals surface area contributed by atoms with Crippen LogP contribution < -0.4 is 15.5 Å². The average molecular weight is 358 g/mol. The number of anilines is 1. The fourth-order valence-electron chi connectivity index (χ4n) is 2.95. The molecule has 0 aliphatic carbocycles. The number of nitrogens with one attached hydrogen (secondary N) is 2. The van der Waals surface area contributed by atoms with E-state index in [1.807, 2.05) is 17.6 Å². The van der Waals surface area contributed by atoms with Gasteiger partial charge in [0.15, 0.2) is 5.13 Å². The molecule has 0 bridgehead atoms. The third-order valence-corrected chi connectivity index (χ3v) is 5.07. The van der Waals surface area contributed by atoms with Crippen molar-refractivity contribution in [3.8, 4) is 0 Å². The van der Waals surface area contributed by atoms with Crippen molar-refractivity contribution in [3.63, 3.8) is 0 Å². The zero-order valence-corrected chi connectivity index (χ0v) is 14.8. The number of benzene rings is 1. The minimum absolute atomic E-state index is 0.00333. The van der Waals surface area contributed by atoms with Crippen molar-refractivity contribution in [2.45, 2.75) is 12.8 Å². The Kier molecular flexibility index (Phi) is 6.00. The van der Waals surface area contributed by atoms with Gasteiger partial charge in [-0.25, -0.2) is 4.98 Å². The molecule has 3 rings (SSSR count). The van der Waals surface area contributed by atoms with Crippen LogP contribution in [0.3, 0.4) is 0 Å². The summed E-state index contributed by atoms with van der Waals surface area (Å²) in [5, 5.41) is 8.61. The Balaban J connectivity index is 1.39. The summed E-state index contributed by atoms with van der Waals surface area (Å²) < 4.78 is 0. The Morgan fingerprint density at radius 3 is 2.84 bits per heavy atom. The van der Waals surface area contributed by atoms with Crippen LogP contribution in [0.15, 0.2) is 41.9 Å². The van der Waals surface area contributed by atoms with Gasteiger partial charge in [-0.05, 0) is 30.9 Å². The lowest BCUT2D eigenvalue weighted by Crippen LogP contribution is -2.43. The number of hydrogen-bond acceptors (Lipinski definition) is 5. The molecular weight excluding hydrogens is 336 g/mol. The van der Waals surface area contributed by atoms with Crippen molar-refractivity contribution in [2.75, 3.05) is 31.1 Å². The van der Waals surface area contributed by atoms with E-state index in [9.17, 15) is 9.59 Å². The van der Waals surface area contributed by atoms with Gasteiger partial charge in [0.25, 0.3) is 5.91 Å². The van der Waals surface area contributed by atoms with Crippen molar-refractivity contribution in [2.24, 2.45) is 5.92 Å². The van der Waals surface area contributed by atoms with Gasteiger partial charge < -0.3 is 15.5 Å². The predicted molar refractivity (Wildman–Crippen MR) is 98.8 cm³/mol. The second-order valence-corrected chi connectivity index (χ2v) is 6.99. The van der Waals surface area contributed by atoms with E-state index in [0.29, 0.717) is 18.0 Å². The van der Waals surface area contributed by atoms with Crippen molar-refractivity contribution >= 4 is 28.3 Å². The smallest absolute Gasteiger partial charge is 0.251 e. The molecule has 7 heteroatoms. The molecule has 1 aromatic carbocycles. The van der Waals surface area contributed by atoms with Gasteiger partial charge in [-0.15, -0.1) is 11.3 Å². The third-order valence-electron chi connectivity index (χ3n) is 4.24. The molecular formula is C18H22N4O2S. The topological polar surface area (TPSA) is 74.3 Å². The molecule has 1 atom stereocenters. The van der Waals surface area contributed by atoms with Crippen LogP contribution in [0.2, 0.25) is 0 Å². The first-order valence-corrected chi connectivity index (χ1v) is 9.35. The Labute approximate surface area is 151 Å². The Hall–Kier alpha value is -2.41. The lowest BCUT2D eigenvalue weighted by molar-refractivity contribution is -0.120. The normalized spacial score (nSPS) is 17.1. The van der Waals surface area contributed by atoms with E-state index in [2.05, 4.69) is 20.5 Å². The van der Waals surface area contributed by atoms with Crippen molar-refractivity contribution < 1.29 is 9.59 Å². The van der Waals surface area contributed by atoms with Crippen LogP contribution in [-0.4, -0.2) is 43.0 Å². The van der Waals surface area contributed by atoms with Crippen molar-refractivity contribution in [1.82, 2.24) is 15.6 Å². The number of rotatable bonds is 6. The fraction of sp³-hybridized carbons (Fsp3) is 0.389. The van der Waals surface area contributed by atoms with Crippen LogP contribution in [0, 0.1) is 5.92 Å². The van der Waals surface area contributed by atoms with Crippen LogP contribution in [0.5, 0.6) is 0 Å². The molecule has 0 saturated carbocycles. The molecule has 1 saturated heterocycles. The molecule has 0 unspecified atom stereocenters. The molecule has 6 nitrogen and oxygen atoms in total. The van der Waals surface area contributed by atoms with Crippen LogP contribution in [0.1, 0.15) is 23.2 Å². The molecule has 1 aromatic heterocycles. The second kappa shape index (κ2) is 8.62. The van der Waals surface area contributed by atoms with E-state index >= 15 is 0 Å². The summed E-state index contributed by atoms with van der Waals surface area (Å²) in [5.74, 6) is 0.0189. The van der Waals surface area contributed by atoms with E-state index in [0.717, 1.165) is 31.1 Å². The number of carbonyl (C=O) groups excluding carboxylic acids is 2. The minimum Gasteiger partial charge on any atom is -0.354 e. The van der Waals surface area contributed by atoms with Crippen molar-refractivity contribution in [1.29, 1.82) is 0 Å². The predicted octanol–water partition coefficient (Wildman–Crippen LogP) is 1.91. The molecule has 1 fully saturated rings. The fourth-order valence-corrected chi connectivity index (χ4v) is 3.63. The van der Waals surface area contributed by atoms with E-state index in [1.54, 1.807) is 35.6 Å². The first kappa shape index (κ1) is 17.4. The van der Waals surface area contributed by atoms with E-state index in [1.165, 1.54) is 0 Å². The largest absolute Gasteiger partial charge is 0.354 e. The van der Waals surface area contributed by atoms with Crippen LogP contribution in [-0.2, 0) is 4.79 Å². The quantitative estimate of drug-likeness (QED) is 0.827. The molecule has 2 N–H and O–H groups in total. The van der Waals surface area contributed by atoms with E-state index < -0.39 is 0 Å². The zero-order chi connectivity index (χ0) is 17.5. The minimum atomic E-state index is -0.233. The number of hydrogen-bond donors (Lipinski definition) is 2. The maximum atomic E-state index is 12.0. The van der Waals surface area contributed by atoms with Crippen LogP contribution in [0.25, 0.3) is 0 Å². The van der Waals surface area contributed by atoms with Gasteiger partial charge in [-0.1, -0.05) is 18.2 Å². The number of aromatic nitrogens is 1. The maximum Gasteiger partial charge on any atom is 0.251 e. The summed E-state index contributed by atoms with van der Waals surface area (Å²) in [6, 6.07) is 8.89. The lowest BCUT2D eigenvalue weighted by atomic mass is 9.98. The SMILES string of the molecule is O=C(CNC(=O)c1ccccc1)NC[C@@H]1CCCN(c2nccs2)C1. The Bertz CT molecular complexity index is 690. The standard InChI is InChI=1S/C18H22N4O2S/c23-16(12-21-17(24)15-6-2-1-3-7-15)20-11-14-5-4-9-22(13-14)18-19-8-10-25-18/h1-3,6-8,10,14H,4-5,9,11-13H2,(H,20,23)(H,21,24)/t14-/m0/s1. The van der Waals surface area contributed by atoms with E-state index in [-0.39, 0.29) is 18.4 Å². The number of piperidine rings is 1. The first-order valence-electron chi connectivity index (χ1n) is 8.47. The molecule has 132 valence electrons. The lowest BCUT2D eigenvalue weighted by Gasteiger charge is -2.32. The molecule has 2 aromatic rings. The van der Waals surface area contributed by atoms with Gasteiger partial charge in [0, 0.05) is 36.8 Å². The van der Waals surface area contributed by atoms with Gasteiger partial charge >= 0.3 is 0 Å². The molecule has 25 heavy (non-hydrogen) atoms. The highest BCUT2D eigenvalue weighted by atomic mass is 32.1. The molecule has 1 aliphatic rings. The first-order chi connectivity index (χ1) is 12.2. The molecule has 2 heterocycles. The summed E-state index contributed by atoms with van der Waals surface area (Å²) in [6.45, 7) is 2.55. The van der Waals surface area contributed by atoms with Gasteiger partial charge in [0.1, 0.15) is 0 Å². The number of thiazole rings is 1. The van der Waals surface area contributed by atoms with Crippen LogP contribution >= 0.6 is 11.3 Å². The summed E-state index contributed by atoms with van der Waals surface area (Å²) >= 11 is 1.65. The molecule has 1 aliphatic heterocycles. The van der Waals surface area contributed by atoms with Gasteiger partial charge in [-0.3, -0.25) is 9.59 Å². The number of nitrogens with zero attached hydrogens (tertiary/aromatic N) is 2. The van der Waals surface area contributed by atoms with Crippen molar-refractivity contribution in [3.05, 3.63) is 47.5 Å². The summed E-state index contributed by atoms with van der Waals surface area (Å²) in [7, 11) is 0. The second-order valence-electron chi connectivity index (χ2n) is 6.12. The highest BCUT2D eigenvalue weighted by Gasteiger charge is 2.22. The van der Waals surface area contributed by atoms with Gasteiger partial charge in [0.05, 0.1) is 6.54 Å². The van der Waals surface area contributed by atoms with Crippen LogP contribution in [0.4, 0.5) is 5.13 Å². The summed E-state index contributed by atoms with van der Waals surface area (Å²) in [4.78, 5) is 30.5. The monoisotopic (exact) mass is 358 g/mol. The maximum absolute atomic E-state index is 12.0. The third kappa shape index (κ3) is 5.03. The van der Waals surface area contributed by atoms with Gasteiger partial charge in [-0.2, -0.15) is 0 Å². The Morgan fingerprint density at radius 1 is 1.24 bits per heavy atom. The molecule has 2 amide bonds. The highest BCUT2D eigenvalue weighted by molar-refractivity contribution is 7.13.